The summed E-state index contributed by atoms with van der Waals surface area (Å²) in [6.45, 7) is 3.37. The molecule has 0 aromatic carbocycles. The predicted octanol–water partition coefficient (Wildman–Crippen LogP) is 1.09. The highest BCUT2D eigenvalue weighted by Crippen LogP contribution is 2.40. The summed E-state index contributed by atoms with van der Waals surface area (Å²) < 4.78 is 9.32. The molecular weight excluding hydrogens is 226 g/mol. The summed E-state index contributed by atoms with van der Waals surface area (Å²) in [7, 11) is 1.59. The lowest BCUT2D eigenvalue weighted by Gasteiger charge is -2.37. The van der Waals surface area contributed by atoms with Gasteiger partial charge >= 0.3 is 0 Å². The van der Waals surface area contributed by atoms with Gasteiger partial charge in [-0.2, -0.15) is 4.37 Å². The van der Waals surface area contributed by atoms with Crippen LogP contribution in [0.2, 0.25) is 0 Å². The van der Waals surface area contributed by atoms with Gasteiger partial charge in [-0.1, -0.05) is 0 Å². The zero-order chi connectivity index (χ0) is 11.8. The van der Waals surface area contributed by atoms with E-state index in [0.717, 1.165) is 24.4 Å². The fourth-order valence-electron chi connectivity index (χ4n) is 2.07. The lowest BCUT2D eigenvalue weighted by molar-refractivity contribution is 0.0450. The second-order valence-electron chi connectivity index (χ2n) is 4.43. The number of nitrogens with zero attached hydrogens (tertiary/aromatic N) is 2. The maximum atomic E-state index is 10.0. The van der Waals surface area contributed by atoms with Crippen LogP contribution in [0.15, 0.2) is 0 Å². The second-order valence-corrected chi connectivity index (χ2v) is 5.18. The third kappa shape index (κ3) is 2.08. The van der Waals surface area contributed by atoms with Gasteiger partial charge in [-0.15, -0.1) is 0 Å². The Kier molecular flexibility index (Phi) is 2.94. The minimum Gasteiger partial charge on any atom is -0.490 e. The third-order valence-corrected chi connectivity index (χ3v) is 3.73. The van der Waals surface area contributed by atoms with Gasteiger partial charge in [-0.25, -0.2) is 0 Å². The number of aromatic nitrogens is 1. The first-order chi connectivity index (χ1) is 7.53. The molecule has 0 aliphatic carbocycles. The number of anilines is 2. The van der Waals surface area contributed by atoms with Crippen molar-refractivity contribution < 1.29 is 9.84 Å². The lowest BCUT2D eigenvalue weighted by atomic mass is 9.95. The number of hydrogen-bond acceptors (Lipinski definition) is 6. The van der Waals surface area contributed by atoms with Gasteiger partial charge in [0.1, 0.15) is 0 Å². The summed E-state index contributed by atoms with van der Waals surface area (Å²) in [5, 5.41) is 11.0. The monoisotopic (exact) mass is 243 g/mol. The molecule has 1 fully saturated rings. The van der Waals surface area contributed by atoms with E-state index in [1.165, 1.54) is 11.5 Å². The van der Waals surface area contributed by atoms with E-state index < -0.39 is 5.60 Å². The SMILES string of the molecule is COc1c(N)nsc1N1CCCC(C)(O)C1. The third-order valence-electron chi connectivity index (χ3n) is 2.82. The van der Waals surface area contributed by atoms with Crippen LogP contribution >= 0.6 is 11.5 Å². The maximum Gasteiger partial charge on any atom is 0.197 e. The van der Waals surface area contributed by atoms with Crippen LogP contribution in [0.5, 0.6) is 5.75 Å². The van der Waals surface area contributed by atoms with Crippen LogP contribution in [-0.4, -0.2) is 35.3 Å². The number of aliphatic hydroxyl groups is 1. The van der Waals surface area contributed by atoms with Crippen LogP contribution in [0.1, 0.15) is 19.8 Å². The molecule has 0 spiro atoms. The number of methoxy groups -OCH3 is 1. The number of piperidine rings is 1. The van der Waals surface area contributed by atoms with E-state index in [0.29, 0.717) is 18.1 Å². The zero-order valence-corrected chi connectivity index (χ0v) is 10.4. The van der Waals surface area contributed by atoms with Gasteiger partial charge in [0.15, 0.2) is 16.6 Å². The summed E-state index contributed by atoms with van der Waals surface area (Å²) in [6, 6.07) is 0. The Morgan fingerprint density at radius 2 is 2.38 bits per heavy atom. The van der Waals surface area contributed by atoms with E-state index in [1.807, 2.05) is 6.92 Å². The summed E-state index contributed by atoms with van der Waals surface area (Å²) in [5.41, 5.74) is 5.07. The minimum atomic E-state index is -0.637. The summed E-state index contributed by atoms with van der Waals surface area (Å²) in [6.07, 6.45) is 1.80. The van der Waals surface area contributed by atoms with Crippen LogP contribution < -0.4 is 15.4 Å². The topological polar surface area (TPSA) is 71.6 Å². The Bertz CT molecular complexity index is 378. The average Bonchev–Trinajstić information content (AvgIpc) is 2.58. The molecule has 0 amide bonds. The van der Waals surface area contributed by atoms with E-state index in [9.17, 15) is 5.11 Å². The molecule has 90 valence electrons. The zero-order valence-electron chi connectivity index (χ0n) is 9.56. The molecule has 2 rings (SSSR count). The number of hydrogen-bond donors (Lipinski definition) is 2. The lowest BCUT2D eigenvalue weighted by Crippen LogP contribution is -2.46. The van der Waals surface area contributed by atoms with E-state index >= 15 is 0 Å². The molecule has 0 bridgehead atoms. The van der Waals surface area contributed by atoms with Crippen LogP contribution in [0.4, 0.5) is 10.8 Å². The van der Waals surface area contributed by atoms with Gasteiger partial charge < -0.3 is 20.5 Å². The Balaban J connectivity index is 2.23. The summed E-state index contributed by atoms with van der Waals surface area (Å²) in [5.74, 6) is 1.05. The van der Waals surface area contributed by atoms with Crippen molar-refractivity contribution in [2.45, 2.75) is 25.4 Å². The van der Waals surface area contributed by atoms with Crippen molar-refractivity contribution >= 4 is 22.4 Å². The van der Waals surface area contributed by atoms with E-state index in [1.54, 1.807) is 7.11 Å². The Labute approximate surface area is 99.0 Å². The van der Waals surface area contributed by atoms with E-state index in [-0.39, 0.29) is 0 Å². The first-order valence-corrected chi connectivity index (χ1v) is 6.07. The molecule has 2 heterocycles. The average molecular weight is 243 g/mol. The normalized spacial score (nSPS) is 25.8. The number of nitrogens with two attached hydrogens (primary N) is 1. The summed E-state index contributed by atoms with van der Waals surface area (Å²) in [4.78, 5) is 2.09. The molecule has 1 aromatic rings. The number of ether oxygens (including phenoxy) is 1. The van der Waals surface area contributed by atoms with Crippen molar-refractivity contribution in [1.29, 1.82) is 0 Å². The highest BCUT2D eigenvalue weighted by molar-refractivity contribution is 7.11. The smallest absolute Gasteiger partial charge is 0.197 e. The molecule has 1 aromatic heterocycles. The first-order valence-electron chi connectivity index (χ1n) is 5.30. The molecule has 1 unspecified atom stereocenters. The molecule has 6 heteroatoms. The molecule has 1 aliphatic rings. The standard InChI is InChI=1S/C10H17N3O2S/c1-10(14)4-3-5-13(6-10)9-7(15-2)8(11)12-16-9/h14H,3-6H2,1-2H3,(H2,11,12). The molecule has 1 atom stereocenters. The largest absolute Gasteiger partial charge is 0.490 e. The Hall–Kier alpha value is -1.01. The quantitative estimate of drug-likeness (QED) is 0.813. The van der Waals surface area contributed by atoms with Gasteiger partial charge in [0.25, 0.3) is 0 Å². The van der Waals surface area contributed by atoms with Crippen molar-refractivity contribution in [2.24, 2.45) is 0 Å². The van der Waals surface area contributed by atoms with Crippen molar-refractivity contribution in [3.63, 3.8) is 0 Å². The number of β-amino-alcohol motifs (C(OH)–C–C–N with tert-alkyl or cyclic N) is 1. The fraction of sp³-hybridized carbons (Fsp3) is 0.700. The van der Waals surface area contributed by atoms with E-state index in [4.69, 9.17) is 10.5 Å². The molecule has 0 saturated carbocycles. The van der Waals surface area contributed by atoms with Gasteiger partial charge in [0.05, 0.1) is 12.7 Å². The second kappa shape index (κ2) is 4.10. The van der Waals surface area contributed by atoms with Crippen molar-refractivity contribution in [3.05, 3.63) is 0 Å². The number of nitrogen functional groups attached to an aromatic ring is 1. The Morgan fingerprint density at radius 3 is 3.00 bits per heavy atom. The molecule has 16 heavy (non-hydrogen) atoms. The fourth-order valence-corrected chi connectivity index (χ4v) is 2.88. The highest BCUT2D eigenvalue weighted by atomic mass is 32.1. The first kappa shape index (κ1) is 11.5. The maximum absolute atomic E-state index is 10.0. The van der Waals surface area contributed by atoms with Gasteiger partial charge in [0, 0.05) is 13.1 Å². The van der Waals surface area contributed by atoms with Crippen molar-refractivity contribution in [3.8, 4) is 5.75 Å². The van der Waals surface area contributed by atoms with Gasteiger partial charge in [-0.05, 0) is 31.3 Å². The molecule has 1 aliphatic heterocycles. The van der Waals surface area contributed by atoms with Crippen molar-refractivity contribution in [2.75, 3.05) is 30.8 Å². The summed E-state index contributed by atoms with van der Waals surface area (Å²) >= 11 is 1.32. The van der Waals surface area contributed by atoms with Crippen LogP contribution in [-0.2, 0) is 0 Å². The molecule has 1 saturated heterocycles. The van der Waals surface area contributed by atoms with Gasteiger partial charge in [-0.3, -0.25) is 0 Å². The van der Waals surface area contributed by atoms with Crippen LogP contribution in [0.25, 0.3) is 0 Å². The van der Waals surface area contributed by atoms with Crippen LogP contribution in [0.3, 0.4) is 0 Å². The molecule has 5 nitrogen and oxygen atoms in total. The molecule has 0 radical (unpaired) electrons. The number of rotatable bonds is 2. The minimum absolute atomic E-state index is 0.424. The molecular formula is C10H17N3O2S. The Morgan fingerprint density at radius 1 is 1.62 bits per heavy atom. The molecule has 3 N–H and O–H groups in total. The van der Waals surface area contributed by atoms with E-state index in [2.05, 4.69) is 9.27 Å². The predicted molar refractivity (Wildman–Crippen MR) is 65.1 cm³/mol. The highest BCUT2D eigenvalue weighted by Gasteiger charge is 2.31. The van der Waals surface area contributed by atoms with Crippen LogP contribution in [0, 0.1) is 0 Å². The van der Waals surface area contributed by atoms with Crippen molar-refractivity contribution in [1.82, 2.24) is 4.37 Å². The van der Waals surface area contributed by atoms with Gasteiger partial charge in [0.2, 0.25) is 0 Å².